The summed E-state index contributed by atoms with van der Waals surface area (Å²) in [5.41, 5.74) is 1.87. The van der Waals surface area contributed by atoms with Gasteiger partial charge in [-0.1, -0.05) is 25.4 Å². The van der Waals surface area contributed by atoms with E-state index in [0.717, 1.165) is 11.1 Å². The molecule has 2 N–H and O–H groups in total. The summed E-state index contributed by atoms with van der Waals surface area (Å²) in [7, 11) is 0. The number of halogens is 1. The van der Waals surface area contributed by atoms with Gasteiger partial charge in [-0.2, -0.15) is 0 Å². The molecule has 0 atom stereocenters. The minimum absolute atomic E-state index is 0.0360. The van der Waals surface area contributed by atoms with E-state index in [0.29, 0.717) is 17.2 Å². The van der Waals surface area contributed by atoms with E-state index in [4.69, 9.17) is 26.6 Å². The van der Waals surface area contributed by atoms with Gasteiger partial charge < -0.3 is 14.9 Å². The number of carboxylic acids is 2. The lowest BCUT2D eigenvalue weighted by atomic mass is 10.0. The molecule has 0 saturated heterocycles. The minimum atomic E-state index is -1.39. The fraction of sp³-hybridized carbons (Fsp3) is 0.500. The van der Waals surface area contributed by atoms with Gasteiger partial charge >= 0.3 is 11.9 Å². The summed E-state index contributed by atoms with van der Waals surface area (Å²) in [6.07, 6.45) is 0.386. The van der Waals surface area contributed by atoms with Crippen LogP contribution in [0.2, 0.25) is 5.02 Å². The average Bonchev–Trinajstić information content (AvgIpc) is 2.40. The number of carbonyl (C=O) groups is 2. The smallest absolute Gasteiger partial charge is 0.317 e. The van der Waals surface area contributed by atoms with Crippen molar-refractivity contribution in [3.05, 3.63) is 28.3 Å². The first-order valence-electron chi connectivity index (χ1n) is 7.12. The van der Waals surface area contributed by atoms with E-state index in [-0.39, 0.29) is 18.9 Å². The zero-order chi connectivity index (χ0) is 16.9. The van der Waals surface area contributed by atoms with Gasteiger partial charge in [-0.05, 0) is 48.9 Å². The lowest BCUT2D eigenvalue weighted by Gasteiger charge is -2.16. The Bertz CT molecular complexity index is 540. The van der Waals surface area contributed by atoms with Crippen molar-refractivity contribution >= 4 is 23.5 Å². The number of carboxylic acid groups (broad SMARTS) is 2. The summed E-state index contributed by atoms with van der Waals surface area (Å²) in [4.78, 5) is 21.6. The van der Waals surface area contributed by atoms with Crippen molar-refractivity contribution in [2.75, 3.05) is 6.61 Å². The fourth-order valence-corrected chi connectivity index (χ4v) is 2.24. The van der Waals surface area contributed by atoms with Crippen LogP contribution in [0.25, 0.3) is 0 Å². The van der Waals surface area contributed by atoms with Crippen molar-refractivity contribution < 1.29 is 24.5 Å². The second-order valence-corrected chi connectivity index (χ2v) is 5.92. The van der Waals surface area contributed by atoms with Crippen molar-refractivity contribution in [2.45, 2.75) is 39.5 Å². The number of aryl methyl sites for hydroxylation is 1. The van der Waals surface area contributed by atoms with Gasteiger partial charge in [0.15, 0.2) is 5.92 Å². The van der Waals surface area contributed by atoms with Gasteiger partial charge in [0.25, 0.3) is 0 Å². The predicted octanol–water partition coefficient (Wildman–Crippen LogP) is 3.72. The Morgan fingerprint density at radius 3 is 2.32 bits per heavy atom. The highest BCUT2D eigenvalue weighted by molar-refractivity contribution is 6.31. The van der Waals surface area contributed by atoms with Gasteiger partial charge in [-0.25, -0.2) is 0 Å². The molecule has 0 aromatic heterocycles. The van der Waals surface area contributed by atoms with Crippen molar-refractivity contribution in [1.29, 1.82) is 0 Å². The van der Waals surface area contributed by atoms with Crippen LogP contribution in [0.3, 0.4) is 0 Å². The molecule has 0 radical (unpaired) electrons. The van der Waals surface area contributed by atoms with Crippen molar-refractivity contribution in [1.82, 2.24) is 0 Å². The molecular weight excluding hydrogens is 308 g/mol. The molecule has 1 rings (SSSR count). The van der Waals surface area contributed by atoms with Gasteiger partial charge in [-0.15, -0.1) is 0 Å². The molecule has 0 aliphatic heterocycles. The molecule has 0 saturated carbocycles. The van der Waals surface area contributed by atoms with Gasteiger partial charge in [0.05, 0.1) is 6.61 Å². The number of aliphatic carboxylic acids is 2. The third-order valence-electron chi connectivity index (χ3n) is 3.40. The Morgan fingerprint density at radius 1 is 1.23 bits per heavy atom. The van der Waals surface area contributed by atoms with Gasteiger partial charge in [0, 0.05) is 5.02 Å². The number of hydrogen-bond acceptors (Lipinski definition) is 3. The largest absolute Gasteiger partial charge is 0.493 e. The summed E-state index contributed by atoms with van der Waals surface area (Å²) >= 11 is 6.12. The first-order valence-corrected chi connectivity index (χ1v) is 7.50. The van der Waals surface area contributed by atoms with E-state index in [1.54, 1.807) is 0 Å². The van der Waals surface area contributed by atoms with Crippen molar-refractivity contribution in [3.8, 4) is 5.75 Å². The predicted molar refractivity (Wildman–Crippen MR) is 83.8 cm³/mol. The van der Waals surface area contributed by atoms with E-state index in [2.05, 4.69) is 0 Å². The second kappa shape index (κ2) is 8.03. The summed E-state index contributed by atoms with van der Waals surface area (Å²) in [6.45, 7) is 6.19. The Hall–Kier alpha value is -1.75. The first kappa shape index (κ1) is 18.3. The highest BCUT2D eigenvalue weighted by atomic mass is 35.5. The molecule has 1 aromatic rings. The van der Waals surface area contributed by atoms with Gasteiger partial charge in [0.1, 0.15) is 5.75 Å². The highest BCUT2D eigenvalue weighted by Gasteiger charge is 2.25. The topological polar surface area (TPSA) is 83.8 Å². The molecule has 1 aromatic carbocycles. The first-order chi connectivity index (χ1) is 10.2. The number of benzene rings is 1. The lowest BCUT2D eigenvalue weighted by molar-refractivity contribution is -0.154. The van der Waals surface area contributed by atoms with E-state index in [9.17, 15) is 9.59 Å². The Labute approximate surface area is 134 Å². The summed E-state index contributed by atoms with van der Waals surface area (Å²) in [5, 5.41) is 18.3. The molecule has 5 nitrogen and oxygen atoms in total. The Morgan fingerprint density at radius 2 is 1.82 bits per heavy atom. The molecule has 0 spiro atoms. The van der Waals surface area contributed by atoms with Crippen LogP contribution in [0.15, 0.2) is 12.1 Å². The van der Waals surface area contributed by atoms with Gasteiger partial charge in [-0.3, -0.25) is 9.59 Å². The third-order valence-corrected chi connectivity index (χ3v) is 3.81. The molecular formula is C16H21ClO5. The van der Waals surface area contributed by atoms with Crippen LogP contribution in [-0.4, -0.2) is 28.8 Å². The highest BCUT2D eigenvalue weighted by Crippen LogP contribution is 2.32. The maximum atomic E-state index is 10.8. The lowest BCUT2D eigenvalue weighted by Crippen LogP contribution is -2.23. The van der Waals surface area contributed by atoms with Crippen LogP contribution in [-0.2, 0) is 9.59 Å². The van der Waals surface area contributed by atoms with Crippen LogP contribution in [0.5, 0.6) is 5.75 Å². The standard InChI is InChI=1S/C16H21ClO5/c1-9(2)12-8-13(17)10(3)7-14(12)22-6-4-5-11(15(18)19)16(20)21/h7-9,11H,4-6H2,1-3H3,(H,18,19)(H,20,21). The molecule has 0 unspecified atom stereocenters. The van der Waals surface area contributed by atoms with E-state index < -0.39 is 17.9 Å². The summed E-state index contributed by atoms with van der Waals surface area (Å²) < 4.78 is 5.70. The van der Waals surface area contributed by atoms with Crippen LogP contribution < -0.4 is 4.74 Å². The number of ether oxygens (including phenoxy) is 1. The van der Waals surface area contributed by atoms with Crippen molar-refractivity contribution in [2.24, 2.45) is 5.92 Å². The van der Waals surface area contributed by atoms with Crippen LogP contribution in [0.4, 0.5) is 0 Å². The quantitative estimate of drug-likeness (QED) is 0.561. The molecule has 0 fully saturated rings. The second-order valence-electron chi connectivity index (χ2n) is 5.51. The molecule has 0 bridgehead atoms. The molecule has 0 heterocycles. The molecule has 6 heteroatoms. The molecule has 122 valence electrons. The molecule has 0 aliphatic rings. The Kier molecular flexibility index (Phi) is 6.68. The van der Waals surface area contributed by atoms with E-state index in [1.807, 2.05) is 32.9 Å². The summed E-state index contributed by atoms with van der Waals surface area (Å²) in [6, 6.07) is 3.72. The SMILES string of the molecule is Cc1cc(OCCCC(C(=O)O)C(=O)O)c(C(C)C)cc1Cl. The fourth-order valence-electron chi connectivity index (χ4n) is 2.07. The maximum Gasteiger partial charge on any atom is 0.317 e. The van der Waals surface area contributed by atoms with Crippen LogP contribution in [0, 0.1) is 12.8 Å². The van der Waals surface area contributed by atoms with Crippen LogP contribution >= 0.6 is 11.6 Å². The number of hydrogen-bond donors (Lipinski definition) is 2. The molecule has 0 aliphatic carbocycles. The van der Waals surface area contributed by atoms with Crippen LogP contribution in [0.1, 0.15) is 43.7 Å². The third kappa shape index (κ3) is 4.91. The zero-order valence-electron chi connectivity index (χ0n) is 12.9. The average molecular weight is 329 g/mol. The van der Waals surface area contributed by atoms with E-state index in [1.165, 1.54) is 0 Å². The maximum absolute atomic E-state index is 10.8. The minimum Gasteiger partial charge on any atom is -0.493 e. The zero-order valence-corrected chi connectivity index (χ0v) is 13.7. The Balaban J connectivity index is 2.67. The normalized spacial score (nSPS) is 11.0. The van der Waals surface area contributed by atoms with Crippen molar-refractivity contribution in [3.63, 3.8) is 0 Å². The number of rotatable bonds is 8. The van der Waals surface area contributed by atoms with Gasteiger partial charge in [0.2, 0.25) is 0 Å². The summed E-state index contributed by atoms with van der Waals surface area (Å²) in [5.74, 6) is -3.09. The molecule has 22 heavy (non-hydrogen) atoms. The monoisotopic (exact) mass is 328 g/mol. The molecule has 0 amide bonds. The van der Waals surface area contributed by atoms with E-state index >= 15 is 0 Å².